The Morgan fingerprint density at radius 2 is 1.70 bits per heavy atom. The number of amides is 1. The zero-order valence-corrected chi connectivity index (χ0v) is 18.4. The van der Waals surface area contributed by atoms with Gasteiger partial charge in [0.15, 0.2) is 0 Å². The highest BCUT2D eigenvalue weighted by Crippen LogP contribution is 2.58. The standard InChI is InChI=1S/C26H32N2O.ClH/c27-16-22-17-28(18-24(22)21-9-5-2-6-10-21)25(29)26(14-19-7-3-1-4-8-19)15-20-11-12-23(26)13-20;/h1-10,20,22-24H,11-18,27H2;1H/t20?,22-,23?,24+,26?;/m1./s1. The minimum absolute atomic E-state index is 0. The van der Waals surface area contributed by atoms with Crippen molar-refractivity contribution in [1.82, 2.24) is 4.90 Å². The van der Waals surface area contributed by atoms with Crippen LogP contribution >= 0.6 is 12.4 Å². The highest BCUT2D eigenvalue weighted by molar-refractivity contribution is 5.85. The Labute approximate surface area is 186 Å². The minimum atomic E-state index is -0.199. The Hall–Kier alpha value is -1.84. The predicted molar refractivity (Wildman–Crippen MR) is 124 cm³/mol. The summed E-state index contributed by atoms with van der Waals surface area (Å²) in [6.45, 7) is 2.27. The molecule has 1 heterocycles. The molecule has 3 fully saturated rings. The van der Waals surface area contributed by atoms with Crippen LogP contribution in [0.5, 0.6) is 0 Å². The number of fused-ring (bicyclic) bond motifs is 2. The lowest BCUT2D eigenvalue weighted by Gasteiger charge is -2.39. The van der Waals surface area contributed by atoms with E-state index in [4.69, 9.17) is 5.73 Å². The lowest BCUT2D eigenvalue weighted by Crippen LogP contribution is -2.47. The molecule has 2 aliphatic carbocycles. The van der Waals surface area contributed by atoms with Gasteiger partial charge in [-0.2, -0.15) is 0 Å². The Balaban J connectivity index is 0.00000218. The van der Waals surface area contributed by atoms with Crippen LogP contribution in [0.4, 0.5) is 0 Å². The van der Waals surface area contributed by atoms with Gasteiger partial charge in [0.25, 0.3) is 0 Å². The highest BCUT2D eigenvalue weighted by atomic mass is 35.5. The van der Waals surface area contributed by atoms with Crippen molar-refractivity contribution in [2.45, 2.75) is 38.0 Å². The van der Waals surface area contributed by atoms with Crippen molar-refractivity contribution in [3.8, 4) is 0 Å². The maximum Gasteiger partial charge on any atom is 0.229 e. The largest absolute Gasteiger partial charge is 0.341 e. The topological polar surface area (TPSA) is 46.3 Å². The van der Waals surface area contributed by atoms with Crippen molar-refractivity contribution < 1.29 is 4.79 Å². The first-order chi connectivity index (χ1) is 14.2. The van der Waals surface area contributed by atoms with E-state index in [0.717, 1.165) is 31.8 Å². The summed E-state index contributed by atoms with van der Waals surface area (Å²) in [5, 5.41) is 0. The summed E-state index contributed by atoms with van der Waals surface area (Å²) < 4.78 is 0. The zero-order chi connectivity index (χ0) is 19.8. The summed E-state index contributed by atoms with van der Waals surface area (Å²) in [6.07, 6.45) is 5.75. The van der Waals surface area contributed by atoms with E-state index < -0.39 is 0 Å². The summed E-state index contributed by atoms with van der Waals surface area (Å²) in [6, 6.07) is 21.3. The number of rotatable bonds is 5. The summed E-state index contributed by atoms with van der Waals surface area (Å²) in [5.74, 6) is 2.41. The minimum Gasteiger partial charge on any atom is -0.341 e. The highest BCUT2D eigenvalue weighted by Gasteiger charge is 2.57. The Morgan fingerprint density at radius 3 is 2.30 bits per heavy atom. The fraction of sp³-hybridized carbons (Fsp3) is 0.500. The van der Waals surface area contributed by atoms with Gasteiger partial charge in [-0.25, -0.2) is 0 Å². The van der Waals surface area contributed by atoms with Gasteiger partial charge >= 0.3 is 0 Å². The summed E-state index contributed by atoms with van der Waals surface area (Å²) >= 11 is 0. The van der Waals surface area contributed by atoms with Crippen LogP contribution in [0.25, 0.3) is 0 Å². The van der Waals surface area contributed by atoms with Crippen LogP contribution in [-0.4, -0.2) is 30.4 Å². The summed E-state index contributed by atoms with van der Waals surface area (Å²) in [4.78, 5) is 16.3. The summed E-state index contributed by atoms with van der Waals surface area (Å²) in [5.41, 5.74) is 8.59. The quantitative estimate of drug-likeness (QED) is 0.758. The fourth-order valence-corrected chi connectivity index (χ4v) is 6.63. The number of hydrogen-bond donors (Lipinski definition) is 1. The number of nitrogens with two attached hydrogens (primary N) is 1. The SMILES string of the molecule is Cl.NC[C@@H]1CN(C(=O)C2(Cc3ccccc3)CC3CCC2C3)C[C@H]1c1ccccc1. The van der Waals surface area contributed by atoms with E-state index in [-0.39, 0.29) is 17.8 Å². The molecule has 1 aliphatic heterocycles. The van der Waals surface area contributed by atoms with E-state index in [0.29, 0.717) is 30.2 Å². The first kappa shape index (κ1) is 21.4. The second-order valence-electron chi connectivity index (χ2n) is 9.62. The van der Waals surface area contributed by atoms with Crippen LogP contribution < -0.4 is 5.73 Å². The number of carbonyl (C=O) groups excluding carboxylic acids is 1. The van der Waals surface area contributed by atoms with Gasteiger partial charge < -0.3 is 10.6 Å². The molecule has 2 aromatic rings. The van der Waals surface area contributed by atoms with Crippen molar-refractivity contribution in [1.29, 1.82) is 0 Å². The smallest absolute Gasteiger partial charge is 0.229 e. The third-order valence-electron chi connectivity index (χ3n) is 8.02. The monoisotopic (exact) mass is 424 g/mol. The first-order valence-electron chi connectivity index (χ1n) is 11.3. The number of carbonyl (C=O) groups is 1. The van der Waals surface area contributed by atoms with Crippen LogP contribution in [-0.2, 0) is 11.2 Å². The van der Waals surface area contributed by atoms with Crippen molar-refractivity contribution in [2.75, 3.05) is 19.6 Å². The van der Waals surface area contributed by atoms with E-state index in [1.54, 1.807) is 0 Å². The van der Waals surface area contributed by atoms with Crippen molar-refractivity contribution in [3.05, 3.63) is 71.8 Å². The third-order valence-corrected chi connectivity index (χ3v) is 8.02. The molecular formula is C26H33ClN2O. The average Bonchev–Trinajstić information content (AvgIpc) is 3.49. The third kappa shape index (κ3) is 3.67. The molecule has 160 valence electrons. The van der Waals surface area contributed by atoms with Gasteiger partial charge in [0.1, 0.15) is 0 Å². The maximum absolute atomic E-state index is 14.1. The van der Waals surface area contributed by atoms with Gasteiger partial charge in [-0.1, -0.05) is 67.1 Å². The molecule has 0 spiro atoms. The van der Waals surface area contributed by atoms with Crippen LogP contribution in [0, 0.1) is 23.2 Å². The fourth-order valence-electron chi connectivity index (χ4n) is 6.63. The predicted octanol–water partition coefficient (Wildman–Crippen LogP) is 4.66. The van der Waals surface area contributed by atoms with E-state index >= 15 is 0 Å². The summed E-state index contributed by atoms with van der Waals surface area (Å²) in [7, 11) is 0. The molecule has 0 radical (unpaired) electrons. The first-order valence-corrected chi connectivity index (χ1v) is 11.3. The molecule has 2 N–H and O–H groups in total. The van der Waals surface area contributed by atoms with Crippen molar-refractivity contribution in [3.63, 3.8) is 0 Å². The lowest BCUT2D eigenvalue weighted by molar-refractivity contribution is -0.144. The lowest BCUT2D eigenvalue weighted by atomic mass is 9.68. The van der Waals surface area contributed by atoms with Crippen molar-refractivity contribution >= 4 is 18.3 Å². The molecule has 3 nitrogen and oxygen atoms in total. The van der Waals surface area contributed by atoms with Crippen LogP contribution in [0.1, 0.15) is 42.7 Å². The molecule has 1 amide bonds. The zero-order valence-electron chi connectivity index (χ0n) is 17.6. The number of halogens is 1. The Bertz CT molecular complexity index is 858. The van der Waals surface area contributed by atoms with Gasteiger partial charge in [0.2, 0.25) is 5.91 Å². The van der Waals surface area contributed by atoms with E-state index in [1.165, 1.54) is 30.4 Å². The normalized spacial score (nSPS) is 32.2. The van der Waals surface area contributed by atoms with Gasteiger partial charge in [0, 0.05) is 19.0 Å². The molecule has 0 aromatic heterocycles. The second-order valence-corrected chi connectivity index (χ2v) is 9.62. The number of hydrogen-bond acceptors (Lipinski definition) is 2. The molecule has 5 rings (SSSR count). The van der Waals surface area contributed by atoms with E-state index in [1.807, 2.05) is 0 Å². The Morgan fingerprint density at radius 1 is 1.00 bits per heavy atom. The molecule has 5 atom stereocenters. The van der Waals surface area contributed by atoms with Crippen LogP contribution in [0.15, 0.2) is 60.7 Å². The molecule has 4 heteroatoms. The number of nitrogens with zero attached hydrogens (tertiary/aromatic N) is 1. The van der Waals surface area contributed by atoms with Gasteiger partial charge in [0.05, 0.1) is 5.41 Å². The van der Waals surface area contributed by atoms with Crippen LogP contribution in [0.2, 0.25) is 0 Å². The second kappa shape index (κ2) is 8.72. The van der Waals surface area contributed by atoms with Gasteiger partial charge in [-0.15, -0.1) is 12.4 Å². The molecule has 3 unspecified atom stereocenters. The van der Waals surface area contributed by atoms with E-state index in [2.05, 4.69) is 65.6 Å². The van der Waals surface area contributed by atoms with Crippen molar-refractivity contribution in [2.24, 2.45) is 28.9 Å². The molecule has 2 aromatic carbocycles. The Kier molecular flexibility index (Phi) is 6.22. The molecule has 2 bridgehead atoms. The van der Waals surface area contributed by atoms with E-state index in [9.17, 15) is 4.79 Å². The molecular weight excluding hydrogens is 392 g/mol. The average molecular weight is 425 g/mol. The molecule has 1 saturated heterocycles. The molecule has 30 heavy (non-hydrogen) atoms. The number of likely N-dealkylation sites (tertiary alicyclic amines) is 1. The maximum atomic E-state index is 14.1. The molecule has 3 aliphatic rings. The number of benzene rings is 2. The van der Waals surface area contributed by atoms with Gasteiger partial charge in [-0.05, 0) is 61.1 Å². The van der Waals surface area contributed by atoms with Gasteiger partial charge in [-0.3, -0.25) is 4.79 Å². The van der Waals surface area contributed by atoms with Crippen LogP contribution in [0.3, 0.4) is 0 Å². The molecule has 2 saturated carbocycles.